The molecule has 0 spiro atoms. The average molecular weight is 466 g/mol. The summed E-state index contributed by atoms with van der Waals surface area (Å²) in [5.41, 5.74) is 4.58. The van der Waals surface area contributed by atoms with Gasteiger partial charge in [0.05, 0.1) is 34.2 Å². The summed E-state index contributed by atoms with van der Waals surface area (Å²) < 4.78 is 1.69. The summed E-state index contributed by atoms with van der Waals surface area (Å²) in [5.74, 6) is 0. The largest absolute Gasteiger partial charge is 0.384 e. The molecule has 0 saturated carbocycles. The van der Waals surface area contributed by atoms with Crippen LogP contribution in [-0.4, -0.2) is 14.5 Å². The van der Waals surface area contributed by atoms with Crippen molar-refractivity contribution >= 4 is 44.8 Å². The molecule has 0 unspecified atom stereocenters. The number of pyridine rings is 3. The van der Waals surface area contributed by atoms with E-state index >= 15 is 0 Å². The zero-order valence-corrected chi connectivity index (χ0v) is 19.3. The maximum Gasteiger partial charge on any atom is 0.264 e. The molecule has 0 amide bonds. The Morgan fingerprint density at radius 3 is 2.71 bits per heavy atom. The molecule has 34 heavy (non-hydrogen) atoms. The number of aromatic nitrogens is 3. The quantitative estimate of drug-likeness (QED) is 0.303. The van der Waals surface area contributed by atoms with Gasteiger partial charge < -0.3 is 5.32 Å². The van der Waals surface area contributed by atoms with Crippen LogP contribution in [0.1, 0.15) is 24.2 Å². The second-order valence-electron chi connectivity index (χ2n) is 8.12. The zero-order valence-electron chi connectivity index (χ0n) is 18.6. The maximum absolute atomic E-state index is 13.8. The van der Waals surface area contributed by atoms with E-state index in [0.29, 0.717) is 32.8 Å². The summed E-state index contributed by atoms with van der Waals surface area (Å²) in [5, 5.41) is 5.09. The van der Waals surface area contributed by atoms with Gasteiger partial charge in [0.2, 0.25) is 5.69 Å². The van der Waals surface area contributed by atoms with E-state index in [1.807, 2.05) is 68.4 Å². The Labute approximate surface area is 201 Å². The fourth-order valence-electron chi connectivity index (χ4n) is 4.22. The first-order valence-corrected chi connectivity index (χ1v) is 11.1. The smallest absolute Gasteiger partial charge is 0.264 e. The molecule has 0 radical (unpaired) electrons. The zero-order chi connectivity index (χ0) is 23.8. The molecule has 0 aliphatic rings. The lowest BCUT2D eigenvalue weighted by Gasteiger charge is -2.23. The predicted octanol–water partition coefficient (Wildman–Crippen LogP) is 6.62. The SMILES string of the molecule is [C-]#[N+]c1cnc2cccnc2c1N[C@@H](C)c1cc2cccc(Cl)c2c(=O)n1-c1cccc(C)c1. The summed E-state index contributed by atoms with van der Waals surface area (Å²) in [4.78, 5) is 26.2. The van der Waals surface area contributed by atoms with Crippen molar-refractivity contribution < 1.29 is 0 Å². The molecule has 2 aromatic carbocycles. The second kappa shape index (κ2) is 8.62. The van der Waals surface area contributed by atoms with Gasteiger partial charge in [-0.2, -0.15) is 0 Å². The number of aryl methyl sites for hydroxylation is 1. The molecule has 0 aliphatic heterocycles. The van der Waals surface area contributed by atoms with Gasteiger partial charge in [0.15, 0.2) is 0 Å². The Hall–Kier alpha value is -4.21. The standard InChI is InChI=1S/C27H20ClN5O/c1-16-7-4-9-19(13-16)33-23(14-18-8-5-10-20(28)24(18)27(33)34)17(2)32-26-22(29-3)15-31-21-11-6-12-30-25(21)26/h4-15,17H,1-2H3,(H,31,32)/t17-/m0/s1. The first kappa shape index (κ1) is 21.6. The highest BCUT2D eigenvalue weighted by molar-refractivity contribution is 6.35. The molecule has 1 atom stereocenters. The Bertz CT molecular complexity index is 1670. The van der Waals surface area contributed by atoms with Crippen molar-refractivity contribution in [1.82, 2.24) is 14.5 Å². The number of nitrogens with one attached hydrogen (secondary N) is 1. The number of hydrogen-bond donors (Lipinski definition) is 1. The summed E-state index contributed by atoms with van der Waals surface area (Å²) in [7, 11) is 0. The average Bonchev–Trinajstić information content (AvgIpc) is 2.84. The van der Waals surface area contributed by atoms with E-state index in [9.17, 15) is 4.79 Å². The van der Waals surface area contributed by atoms with Crippen LogP contribution in [0.4, 0.5) is 11.4 Å². The highest BCUT2D eigenvalue weighted by Crippen LogP contribution is 2.34. The lowest BCUT2D eigenvalue weighted by atomic mass is 10.1. The number of benzene rings is 2. The van der Waals surface area contributed by atoms with Crippen LogP contribution >= 0.6 is 11.6 Å². The Kier molecular flexibility index (Phi) is 5.48. The van der Waals surface area contributed by atoms with E-state index < -0.39 is 0 Å². The number of rotatable bonds is 4. The predicted molar refractivity (Wildman–Crippen MR) is 137 cm³/mol. The van der Waals surface area contributed by atoms with Gasteiger partial charge in [0.1, 0.15) is 5.52 Å². The Morgan fingerprint density at radius 2 is 1.91 bits per heavy atom. The monoisotopic (exact) mass is 465 g/mol. The molecule has 5 aromatic rings. The van der Waals surface area contributed by atoms with Crippen LogP contribution < -0.4 is 10.9 Å². The van der Waals surface area contributed by atoms with E-state index in [4.69, 9.17) is 18.2 Å². The first-order valence-electron chi connectivity index (χ1n) is 10.8. The highest BCUT2D eigenvalue weighted by atomic mass is 35.5. The second-order valence-corrected chi connectivity index (χ2v) is 8.53. The molecule has 6 nitrogen and oxygen atoms in total. The van der Waals surface area contributed by atoms with Gasteiger partial charge in [-0.05, 0) is 61.2 Å². The molecule has 3 heterocycles. The van der Waals surface area contributed by atoms with Gasteiger partial charge in [0, 0.05) is 23.8 Å². The van der Waals surface area contributed by atoms with Crippen LogP contribution in [0.5, 0.6) is 0 Å². The molecule has 1 N–H and O–H groups in total. The third kappa shape index (κ3) is 3.66. The molecule has 0 bridgehead atoms. The molecule has 0 aliphatic carbocycles. The fraction of sp³-hybridized carbons (Fsp3) is 0.111. The van der Waals surface area contributed by atoms with Crippen molar-refractivity contribution in [3.05, 3.63) is 111 Å². The highest BCUT2D eigenvalue weighted by Gasteiger charge is 2.20. The van der Waals surface area contributed by atoms with Crippen LogP contribution in [0.2, 0.25) is 5.02 Å². The van der Waals surface area contributed by atoms with Crippen molar-refractivity contribution in [1.29, 1.82) is 0 Å². The van der Waals surface area contributed by atoms with Gasteiger partial charge in [0.25, 0.3) is 5.56 Å². The molecule has 0 saturated heterocycles. The van der Waals surface area contributed by atoms with Crippen LogP contribution in [0.15, 0.2) is 77.9 Å². The summed E-state index contributed by atoms with van der Waals surface area (Å²) in [6.07, 6.45) is 3.22. The van der Waals surface area contributed by atoms with Gasteiger partial charge >= 0.3 is 0 Å². The van der Waals surface area contributed by atoms with E-state index in [-0.39, 0.29) is 11.6 Å². The molecule has 166 valence electrons. The molecule has 7 heteroatoms. The lowest BCUT2D eigenvalue weighted by molar-refractivity contribution is 0.778. The lowest BCUT2D eigenvalue weighted by Crippen LogP contribution is -2.25. The Morgan fingerprint density at radius 1 is 1.09 bits per heavy atom. The number of nitrogens with zero attached hydrogens (tertiary/aromatic N) is 4. The minimum Gasteiger partial charge on any atom is -0.384 e. The number of anilines is 1. The normalized spacial score (nSPS) is 11.9. The molecular formula is C27H20ClN5O. The molecule has 5 rings (SSSR count). The van der Waals surface area contributed by atoms with Crippen molar-refractivity contribution in [3.8, 4) is 5.69 Å². The van der Waals surface area contributed by atoms with Crippen molar-refractivity contribution in [2.75, 3.05) is 5.32 Å². The van der Waals surface area contributed by atoms with Crippen molar-refractivity contribution in [2.24, 2.45) is 0 Å². The fourth-order valence-corrected chi connectivity index (χ4v) is 4.48. The minimum atomic E-state index is -0.343. The number of halogens is 1. The number of fused-ring (bicyclic) bond motifs is 2. The van der Waals surface area contributed by atoms with Crippen LogP contribution in [0.25, 0.3) is 32.3 Å². The van der Waals surface area contributed by atoms with Crippen LogP contribution in [0, 0.1) is 13.5 Å². The minimum absolute atomic E-state index is 0.194. The molecule has 0 fully saturated rings. The first-order chi connectivity index (χ1) is 16.5. The molecule has 3 aromatic heterocycles. The summed E-state index contributed by atoms with van der Waals surface area (Å²) >= 11 is 6.44. The maximum atomic E-state index is 13.8. The van der Waals surface area contributed by atoms with E-state index in [0.717, 1.165) is 22.3 Å². The molecular weight excluding hydrogens is 446 g/mol. The van der Waals surface area contributed by atoms with E-state index in [1.54, 1.807) is 23.0 Å². The van der Waals surface area contributed by atoms with Crippen LogP contribution in [0.3, 0.4) is 0 Å². The van der Waals surface area contributed by atoms with Gasteiger partial charge in [-0.15, -0.1) is 0 Å². The van der Waals surface area contributed by atoms with E-state index in [1.165, 1.54) is 0 Å². The Balaban J connectivity index is 1.75. The third-order valence-corrected chi connectivity index (χ3v) is 6.13. The van der Waals surface area contributed by atoms with Gasteiger partial charge in [-0.1, -0.05) is 35.9 Å². The van der Waals surface area contributed by atoms with Gasteiger partial charge in [-0.25, -0.2) is 4.85 Å². The van der Waals surface area contributed by atoms with Crippen molar-refractivity contribution in [2.45, 2.75) is 19.9 Å². The third-order valence-electron chi connectivity index (χ3n) is 5.81. The van der Waals surface area contributed by atoms with Crippen molar-refractivity contribution in [3.63, 3.8) is 0 Å². The summed E-state index contributed by atoms with van der Waals surface area (Å²) in [6, 6.07) is 18.5. The summed E-state index contributed by atoms with van der Waals surface area (Å²) in [6.45, 7) is 11.6. The van der Waals surface area contributed by atoms with Gasteiger partial charge in [-0.3, -0.25) is 19.3 Å². The topological polar surface area (TPSA) is 64.2 Å². The van der Waals surface area contributed by atoms with E-state index in [2.05, 4.69) is 20.1 Å². The van der Waals surface area contributed by atoms with Crippen LogP contribution in [-0.2, 0) is 0 Å². The number of hydrogen-bond acceptors (Lipinski definition) is 4.